The van der Waals surface area contributed by atoms with Crippen molar-refractivity contribution in [2.75, 3.05) is 0 Å². The molecule has 1 saturated carbocycles. The molecule has 0 N–H and O–H groups in total. The van der Waals surface area contributed by atoms with Gasteiger partial charge in [0, 0.05) is 22.7 Å². The van der Waals surface area contributed by atoms with Crippen LogP contribution in [0.4, 0.5) is 0 Å². The molecule has 1 aliphatic heterocycles. The molecule has 2 aromatic carbocycles. The van der Waals surface area contributed by atoms with Crippen molar-refractivity contribution in [3.8, 4) is 0 Å². The Morgan fingerprint density at radius 3 is 2.08 bits per heavy atom. The smallest absolute Gasteiger partial charge is 0.334 e. The van der Waals surface area contributed by atoms with Gasteiger partial charge in [-0.1, -0.05) is 43.7 Å². The Morgan fingerprint density at radius 2 is 1.58 bits per heavy atom. The van der Waals surface area contributed by atoms with E-state index in [9.17, 15) is 9.35 Å². The van der Waals surface area contributed by atoms with Crippen LogP contribution < -0.4 is 0 Å². The number of benzene rings is 2. The molecule has 2 aliphatic rings. The van der Waals surface area contributed by atoms with E-state index in [1.807, 2.05) is 48.5 Å². The van der Waals surface area contributed by atoms with Gasteiger partial charge in [0.05, 0.1) is 11.1 Å². The van der Waals surface area contributed by atoms with Crippen molar-refractivity contribution in [1.29, 1.82) is 0 Å². The van der Waals surface area contributed by atoms with E-state index in [2.05, 4.69) is 6.58 Å². The van der Waals surface area contributed by atoms with E-state index in [-0.39, 0.29) is 5.92 Å². The Balaban J connectivity index is 2.01. The van der Waals surface area contributed by atoms with E-state index < -0.39 is 22.7 Å². The Bertz CT molecular complexity index is 820. The summed E-state index contributed by atoms with van der Waals surface area (Å²) in [5.41, 5.74) is 1.20. The summed E-state index contributed by atoms with van der Waals surface area (Å²) < 4.78 is 19.4. The highest BCUT2D eigenvalue weighted by Gasteiger charge is 2.54. The van der Waals surface area contributed by atoms with Crippen LogP contribution in [0.25, 0.3) is 0 Å². The zero-order valence-electron chi connectivity index (χ0n) is 14.9. The minimum absolute atomic E-state index is 0.172. The molecule has 0 unspecified atom stereocenters. The first kappa shape index (κ1) is 17.4. The molecule has 0 aromatic heterocycles. The maximum Gasteiger partial charge on any atom is 0.334 e. The lowest BCUT2D eigenvalue weighted by atomic mass is 9.74. The Morgan fingerprint density at radius 1 is 1.08 bits per heavy atom. The number of hydrogen-bond donors (Lipinski definition) is 0. The molecule has 2 aromatic rings. The van der Waals surface area contributed by atoms with Gasteiger partial charge in [0.1, 0.15) is 0 Å². The molecule has 1 aliphatic carbocycles. The van der Waals surface area contributed by atoms with Crippen LogP contribution in [0.3, 0.4) is 0 Å². The average Bonchev–Trinajstić information content (AvgIpc) is 3.20. The minimum atomic E-state index is -1.28. The molecule has 4 rings (SSSR count). The molecule has 0 amide bonds. The van der Waals surface area contributed by atoms with Crippen LogP contribution in [0.15, 0.2) is 70.5 Å². The fourth-order valence-electron chi connectivity index (χ4n) is 4.33. The maximum atomic E-state index is 13.2. The quantitative estimate of drug-likeness (QED) is 0.449. The third-order valence-electron chi connectivity index (χ3n) is 5.51. The summed E-state index contributed by atoms with van der Waals surface area (Å²) in [5, 5.41) is 0. The number of hydrogen-bond acceptors (Lipinski definition) is 3. The number of carbonyl (C=O) groups excluding carboxylic acids is 1. The third kappa shape index (κ3) is 2.51. The lowest BCUT2D eigenvalue weighted by molar-refractivity contribution is -0.158. The summed E-state index contributed by atoms with van der Waals surface area (Å²) in [5.74, 6) is -0.223. The molecule has 0 atom stereocenters. The van der Waals surface area contributed by atoms with Crippen molar-refractivity contribution in [2.24, 2.45) is 5.92 Å². The van der Waals surface area contributed by atoms with E-state index in [0.717, 1.165) is 46.6 Å². The van der Waals surface area contributed by atoms with E-state index in [1.54, 1.807) is 6.92 Å². The van der Waals surface area contributed by atoms with Gasteiger partial charge in [-0.25, -0.2) is 4.79 Å². The van der Waals surface area contributed by atoms with Crippen molar-refractivity contribution in [3.63, 3.8) is 0 Å². The number of ether oxygens (including phenoxy) is 1. The first-order valence-corrected chi connectivity index (χ1v) is 10.2. The second-order valence-electron chi connectivity index (χ2n) is 7.15. The normalized spacial score (nSPS) is 24.6. The van der Waals surface area contributed by atoms with Crippen LogP contribution in [-0.2, 0) is 26.3 Å². The number of rotatable bonds is 3. The van der Waals surface area contributed by atoms with E-state index in [1.165, 1.54) is 0 Å². The van der Waals surface area contributed by atoms with E-state index in [4.69, 9.17) is 4.74 Å². The molecule has 0 radical (unpaired) electrons. The van der Waals surface area contributed by atoms with Gasteiger partial charge in [-0.05, 0) is 44.0 Å². The largest absolute Gasteiger partial charge is 0.606 e. The molecule has 1 fully saturated rings. The van der Waals surface area contributed by atoms with Gasteiger partial charge in [0.2, 0.25) is 0 Å². The van der Waals surface area contributed by atoms with Crippen LogP contribution in [0.1, 0.15) is 43.7 Å². The zero-order valence-corrected chi connectivity index (χ0v) is 15.7. The van der Waals surface area contributed by atoms with Crippen LogP contribution in [0.5, 0.6) is 0 Å². The molecule has 0 saturated heterocycles. The number of esters is 1. The van der Waals surface area contributed by atoms with Crippen LogP contribution >= 0.6 is 0 Å². The molecule has 4 heteroatoms. The predicted molar refractivity (Wildman–Crippen MR) is 101 cm³/mol. The summed E-state index contributed by atoms with van der Waals surface area (Å²) in [6.45, 7) is 5.44. The van der Waals surface area contributed by atoms with Crippen molar-refractivity contribution in [3.05, 3.63) is 71.8 Å². The lowest BCUT2D eigenvalue weighted by Gasteiger charge is -2.43. The highest BCUT2D eigenvalue weighted by Crippen LogP contribution is 2.54. The van der Waals surface area contributed by atoms with Gasteiger partial charge in [0.25, 0.3) is 0 Å². The summed E-state index contributed by atoms with van der Waals surface area (Å²) >= 11 is -1.28. The monoisotopic (exact) mass is 366 g/mol. The molecule has 0 spiro atoms. The van der Waals surface area contributed by atoms with Crippen molar-refractivity contribution in [2.45, 2.75) is 48.0 Å². The first-order valence-electron chi connectivity index (χ1n) is 9.05. The number of fused-ring (bicyclic) bond motifs is 2. The van der Waals surface area contributed by atoms with Gasteiger partial charge in [-0.2, -0.15) is 0 Å². The molecule has 26 heavy (non-hydrogen) atoms. The Hall–Kier alpha value is -2.04. The summed E-state index contributed by atoms with van der Waals surface area (Å²) in [6.07, 6.45) is 4.20. The minimum Gasteiger partial charge on any atom is -0.606 e. The number of carbonyl (C=O) groups is 1. The van der Waals surface area contributed by atoms with Gasteiger partial charge in [-0.15, -0.1) is 0 Å². The molecule has 134 valence electrons. The van der Waals surface area contributed by atoms with Gasteiger partial charge in [-0.3, -0.25) is 0 Å². The second kappa shape index (κ2) is 6.60. The van der Waals surface area contributed by atoms with Gasteiger partial charge < -0.3 is 9.29 Å². The Kier molecular flexibility index (Phi) is 4.41. The molecule has 3 nitrogen and oxygen atoms in total. The Labute approximate surface area is 157 Å². The SMILES string of the molecule is C=C(C)C(=O)OC1(C2CCCC2)c2ccccc2[S+]([O-])c2ccccc21. The maximum absolute atomic E-state index is 13.2. The molecule has 1 heterocycles. The summed E-state index contributed by atoms with van der Waals surface area (Å²) in [4.78, 5) is 14.2. The topological polar surface area (TPSA) is 49.4 Å². The fourth-order valence-corrected chi connectivity index (χ4v) is 5.81. The van der Waals surface area contributed by atoms with Gasteiger partial charge in [0.15, 0.2) is 15.4 Å². The third-order valence-corrected chi connectivity index (χ3v) is 7.02. The molecule has 0 bridgehead atoms. The van der Waals surface area contributed by atoms with E-state index >= 15 is 0 Å². The highest BCUT2D eigenvalue weighted by molar-refractivity contribution is 7.91. The lowest BCUT2D eigenvalue weighted by Crippen LogP contribution is -2.44. The van der Waals surface area contributed by atoms with Crippen molar-refractivity contribution >= 4 is 17.1 Å². The van der Waals surface area contributed by atoms with Crippen molar-refractivity contribution < 1.29 is 14.1 Å². The van der Waals surface area contributed by atoms with E-state index in [0.29, 0.717) is 5.57 Å². The second-order valence-corrected chi connectivity index (χ2v) is 8.57. The molecular formula is C22H22O3S. The fraction of sp³-hybridized carbons (Fsp3) is 0.318. The zero-order chi connectivity index (χ0) is 18.3. The van der Waals surface area contributed by atoms with Crippen molar-refractivity contribution in [1.82, 2.24) is 0 Å². The standard InChI is InChI=1S/C22H22O3S/c1-15(2)21(23)25-22(16-9-3-4-10-16)17-11-5-7-13-19(17)26(24)20-14-8-6-12-18(20)22/h5-8,11-14,16H,1,3-4,9-10H2,2H3. The highest BCUT2D eigenvalue weighted by atomic mass is 32.2. The predicted octanol–water partition coefficient (Wildman–Crippen LogP) is 4.72. The van der Waals surface area contributed by atoms with Gasteiger partial charge >= 0.3 is 5.97 Å². The van der Waals surface area contributed by atoms with Crippen LogP contribution in [0.2, 0.25) is 0 Å². The summed E-state index contributed by atoms with van der Waals surface area (Å²) in [6, 6.07) is 15.4. The van der Waals surface area contributed by atoms with Crippen LogP contribution in [-0.4, -0.2) is 10.5 Å². The average molecular weight is 366 g/mol. The van der Waals surface area contributed by atoms with Crippen LogP contribution in [0, 0.1) is 5.92 Å². The molecular weight excluding hydrogens is 344 g/mol. The summed E-state index contributed by atoms with van der Waals surface area (Å²) in [7, 11) is 0. The first-order chi connectivity index (χ1) is 12.6.